The first-order valence-corrected chi connectivity index (χ1v) is 6.29. The van der Waals surface area contributed by atoms with Crippen molar-refractivity contribution in [1.29, 1.82) is 5.26 Å². The molecule has 0 radical (unpaired) electrons. The van der Waals surface area contributed by atoms with Gasteiger partial charge in [0, 0.05) is 6.54 Å². The Morgan fingerprint density at radius 3 is 2.55 bits per heavy atom. The molecule has 2 aromatic rings. The van der Waals surface area contributed by atoms with Crippen LogP contribution in [0.4, 0.5) is 5.69 Å². The fourth-order valence-electron chi connectivity index (χ4n) is 1.81. The van der Waals surface area contributed by atoms with Crippen LogP contribution >= 0.6 is 0 Å². The minimum absolute atomic E-state index is 0.0683. The maximum absolute atomic E-state index is 8.44. The molecule has 0 bridgehead atoms. The second-order valence-corrected chi connectivity index (χ2v) is 4.14. The molecule has 1 N–H and O–H groups in total. The van der Waals surface area contributed by atoms with Crippen LogP contribution in [0.5, 0.6) is 11.5 Å². The molecule has 0 spiro atoms. The number of nitriles is 1. The summed E-state index contributed by atoms with van der Waals surface area (Å²) < 4.78 is 10.5. The minimum Gasteiger partial charge on any atom is -0.495 e. The highest BCUT2D eigenvalue weighted by Gasteiger charge is 2.01. The van der Waals surface area contributed by atoms with Crippen molar-refractivity contribution in [1.82, 2.24) is 0 Å². The molecular formula is C16H16N2O2. The summed E-state index contributed by atoms with van der Waals surface area (Å²) in [6.07, 6.45) is 0. The van der Waals surface area contributed by atoms with Crippen LogP contribution in [0, 0.1) is 11.3 Å². The lowest BCUT2D eigenvalue weighted by Crippen LogP contribution is -2.01. The average Bonchev–Trinajstić information content (AvgIpc) is 2.52. The van der Waals surface area contributed by atoms with E-state index in [1.165, 1.54) is 0 Å². The molecule has 2 aromatic carbocycles. The quantitative estimate of drug-likeness (QED) is 0.874. The molecule has 0 unspecified atom stereocenters. The van der Waals surface area contributed by atoms with Crippen LogP contribution in [-0.2, 0) is 6.54 Å². The summed E-state index contributed by atoms with van der Waals surface area (Å²) in [6.45, 7) is 0.762. The number of hydrogen-bond acceptors (Lipinski definition) is 4. The van der Waals surface area contributed by atoms with Crippen molar-refractivity contribution < 1.29 is 9.47 Å². The molecule has 102 valence electrons. The second kappa shape index (κ2) is 7.05. The van der Waals surface area contributed by atoms with Crippen molar-refractivity contribution in [2.24, 2.45) is 0 Å². The Bertz CT molecular complexity index is 588. The van der Waals surface area contributed by atoms with Crippen molar-refractivity contribution in [2.45, 2.75) is 6.54 Å². The standard InChI is InChI=1S/C16H16N2O2/c1-19-16-5-3-2-4-15(16)18-12-13-6-8-14(9-7-13)20-11-10-17/h2-9,18H,11-12H2,1H3. The average molecular weight is 268 g/mol. The number of methoxy groups -OCH3 is 1. The lowest BCUT2D eigenvalue weighted by molar-refractivity contribution is 0.368. The fourth-order valence-corrected chi connectivity index (χ4v) is 1.81. The third-order valence-electron chi connectivity index (χ3n) is 2.82. The topological polar surface area (TPSA) is 54.3 Å². The molecular weight excluding hydrogens is 252 g/mol. The van der Waals surface area contributed by atoms with Gasteiger partial charge in [-0.15, -0.1) is 0 Å². The first-order valence-electron chi connectivity index (χ1n) is 6.29. The minimum atomic E-state index is 0.0683. The number of nitrogens with one attached hydrogen (secondary N) is 1. The highest BCUT2D eigenvalue weighted by Crippen LogP contribution is 2.23. The van der Waals surface area contributed by atoms with Gasteiger partial charge in [0.15, 0.2) is 6.61 Å². The number of rotatable bonds is 6. The zero-order chi connectivity index (χ0) is 14.2. The molecule has 4 heteroatoms. The third kappa shape index (κ3) is 3.66. The van der Waals surface area contributed by atoms with E-state index in [1.807, 2.05) is 54.6 Å². The Hall–Kier alpha value is -2.67. The molecule has 20 heavy (non-hydrogen) atoms. The van der Waals surface area contributed by atoms with Crippen LogP contribution in [0.2, 0.25) is 0 Å². The van der Waals surface area contributed by atoms with Gasteiger partial charge in [-0.3, -0.25) is 0 Å². The van der Waals surface area contributed by atoms with Gasteiger partial charge in [0.25, 0.3) is 0 Å². The molecule has 0 aromatic heterocycles. The van der Waals surface area contributed by atoms with Gasteiger partial charge in [0.1, 0.15) is 17.6 Å². The van der Waals surface area contributed by atoms with Crippen molar-refractivity contribution in [3.63, 3.8) is 0 Å². The molecule has 0 heterocycles. The van der Waals surface area contributed by atoms with E-state index in [2.05, 4.69) is 5.32 Å². The zero-order valence-corrected chi connectivity index (χ0v) is 11.3. The number of anilines is 1. The summed E-state index contributed by atoms with van der Waals surface area (Å²) in [5, 5.41) is 11.8. The van der Waals surface area contributed by atoms with Gasteiger partial charge in [0.05, 0.1) is 12.8 Å². The largest absolute Gasteiger partial charge is 0.495 e. The van der Waals surface area contributed by atoms with Crippen molar-refractivity contribution in [3.8, 4) is 17.6 Å². The smallest absolute Gasteiger partial charge is 0.174 e. The third-order valence-corrected chi connectivity index (χ3v) is 2.82. The van der Waals surface area contributed by atoms with Gasteiger partial charge < -0.3 is 14.8 Å². The predicted molar refractivity (Wildman–Crippen MR) is 77.9 cm³/mol. The molecule has 2 rings (SSSR count). The summed E-state index contributed by atoms with van der Waals surface area (Å²) in [5.41, 5.74) is 2.08. The first kappa shape index (κ1) is 13.8. The number of para-hydroxylation sites is 2. The number of benzene rings is 2. The number of ether oxygens (including phenoxy) is 2. The van der Waals surface area contributed by atoms with Crippen LogP contribution in [0.3, 0.4) is 0 Å². The Labute approximate surface area is 118 Å². The molecule has 0 aliphatic carbocycles. The SMILES string of the molecule is COc1ccccc1NCc1ccc(OCC#N)cc1. The maximum atomic E-state index is 8.44. The van der Waals surface area contributed by atoms with Gasteiger partial charge in [0.2, 0.25) is 0 Å². The van der Waals surface area contributed by atoms with Gasteiger partial charge in [-0.2, -0.15) is 5.26 Å². The molecule has 4 nitrogen and oxygen atoms in total. The van der Waals surface area contributed by atoms with E-state index in [9.17, 15) is 0 Å². The van der Waals surface area contributed by atoms with Crippen LogP contribution in [-0.4, -0.2) is 13.7 Å². The van der Waals surface area contributed by atoms with E-state index in [0.29, 0.717) is 12.3 Å². The molecule has 0 saturated carbocycles. The van der Waals surface area contributed by atoms with Gasteiger partial charge in [-0.05, 0) is 29.8 Å². The highest BCUT2D eigenvalue weighted by molar-refractivity contribution is 5.56. The highest BCUT2D eigenvalue weighted by atomic mass is 16.5. The normalized spacial score (nSPS) is 9.60. The Balaban J connectivity index is 1.95. The van der Waals surface area contributed by atoms with Crippen molar-refractivity contribution in [3.05, 3.63) is 54.1 Å². The predicted octanol–water partition coefficient (Wildman–Crippen LogP) is 3.21. The van der Waals surface area contributed by atoms with E-state index in [0.717, 1.165) is 17.0 Å². The summed E-state index contributed by atoms with van der Waals surface area (Å²) in [4.78, 5) is 0. The Kier molecular flexibility index (Phi) is 4.85. The van der Waals surface area contributed by atoms with E-state index < -0.39 is 0 Å². The molecule has 0 saturated heterocycles. The fraction of sp³-hybridized carbons (Fsp3) is 0.188. The van der Waals surface area contributed by atoms with E-state index in [4.69, 9.17) is 14.7 Å². The van der Waals surface area contributed by atoms with Crippen LogP contribution in [0.15, 0.2) is 48.5 Å². The lowest BCUT2D eigenvalue weighted by Gasteiger charge is -2.11. The molecule has 0 aliphatic rings. The second-order valence-electron chi connectivity index (χ2n) is 4.14. The summed E-state index contributed by atoms with van der Waals surface area (Å²) in [6, 6.07) is 17.4. The van der Waals surface area contributed by atoms with Crippen LogP contribution in [0.25, 0.3) is 0 Å². The van der Waals surface area contributed by atoms with E-state index in [1.54, 1.807) is 7.11 Å². The Morgan fingerprint density at radius 2 is 1.85 bits per heavy atom. The van der Waals surface area contributed by atoms with Gasteiger partial charge in [-0.25, -0.2) is 0 Å². The molecule has 0 aliphatic heterocycles. The van der Waals surface area contributed by atoms with Crippen LogP contribution in [0.1, 0.15) is 5.56 Å². The number of hydrogen-bond donors (Lipinski definition) is 1. The van der Waals surface area contributed by atoms with E-state index in [-0.39, 0.29) is 6.61 Å². The Morgan fingerprint density at radius 1 is 1.10 bits per heavy atom. The molecule has 0 amide bonds. The summed E-state index contributed by atoms with van der Waals surface area (Å²) in [5.74, 6) is 1.52. The van der Waals surface area contributed by atoms with Gasteiger partial charge in [-0.1, -0.05) is 24.3 Å². The maximum Gasteiger partial charge on any atom is 0.174 e. The summed E-state index contributed by atoms with van der Waals surface area (Å²) in [7, 11) is 1.65. The zero-order valence-electron chi connectivity index (χ0n) is 11.3. The summed E-state index contributed by atoms with van der Waals surface area (Å²) >= 11 is 0. The van der Waals surface area contributed by atoms with Crippen molar-refractivity contribution in [2.75, 3.05) is 19.0 Å². The molecule has 0 atom stereocenters. The monoisotopic (exact) mass is 268 g/mol. The van der Waals surface area contributed by atoms with Gasteiger partial charge >= 0.3 is 0 Å². The van der Waals surface area contributed by atoms with Crippen LogP contribution < -0.4 is 14.8 Å². The van der Waals surface area contributed by atoms with Crippen molar-refractivity contribution >= 4 is 5.69 Å². The lowest BCUT2D eigenvalue weighted by atomic mass is 10.2. The number of nitrogens with zero attached hydrogens (tertiary/aromatic N) is 1. The first-order chi connectivity index (χ1) is 9.83. The van der Waals surface area contributed by atoms with E-state index >= 15 is 0 Å². The molecule has 0 fully saturated rings.